The molecule has 2 N–H and O–H groups in total. The molecule has 0 atom stereocenters. The van der Waals surface area contributed by atoms with Gasteiger partial charge < -0.3 is 24.8 Å². The van der Waals surface area contributed by atoms with Crippen LogP contribution in [0.3, 0.4) is 0 Å². The standard InChI is InChI=1S/C31H39N7O2/c1-6-37-14-16-38(17-15-37)21-29(39)35-28-20-25(12-13-32-28)40-24-10-11-27-26(19-24)34-30(36(27)5)33-23-9-7-8-22(18-23)31(2,3)4/h7-13,18-20H,6,14-17,21H2,1-5H3,(H,33,34)(H,32,35,39). The van der Waals surface area contributed by atoms with Crippen molar-refractivity contribution in [3.63, 3.8) is 0 Å². The van der Waals surface area contributed by atoms with E-state index in [1.54, 1.807) is 18.3 Å². The van der Waals surface area contributed by atoms with Crippen LogP contribution in [0.15, 0.2) is 60.8 Å². The molecule has 0 radical (unpaired) electrons. The number of ether oxygens (including phenoxy) is 1. The van der Waals surface area contributed by atoms with Gasteiger partial charge in [0.2, 0.25) is 11.9 Å². The third-order valence-corrected chi connectivity index (χ3v) is 7.35. The maximum absolute atomic E-state index is 12.6. The summed E-state index contributed by atoms with van der Waals surface area (Å²) in [5, 5.41) is 6.37. The van der Waals surface area contributed by atoms with Gasteiger partial charge in [-0.05, 0) is 47.9 Å². The zero-order chi connectivity index (χ0) is 28.3. The summed E-state index contributed by atoms with van der Waals surface area (Å²) in [7, 11) is 1.99. The lowest BCUT2D eigenvalue weighted by molar-refractivity contribution is -0.117. The van der Waals surface area contributed by atoms with Crippen molar-refractivity contribution in [2.75, 3.05) is 49.9 Å². The number of likely N-dealkylation sites (N-methyl/N-ethyl adjacent to an activating group) is 1. The van der Waals surface area contributed by atoms with E-state index in [-0.39, 0.29) is 11.3 Å². The summed E-state index contributed by atoms with van der Waals surface area (Å²) in [6, 6.07) is 17.8. The highest BCUT2D eigenvalue weighted by Gasteiger charge is 2.18. The first kappa shape index (κ1) is 27.6. The molecular formula is C31H39N7O2. The summed E-state index contributed by atoms with van der Waals surface area (Å²) >= 11 is 0. The number of anilines is 3. The molecule has 1 aliphatic heterocycles. The fourth-order valence-corrected chi connectivity index (χ4v) is 4.88. The Bertz CT molecular complexity index is 1480. The largest absolute Gasteiger partial charge is 0.457 e. The molecule has 2 aromatic carbocycles. The van der Waals surface area contributed by atoms with E-state index in [1.165, 1.54) is 5.56 Å². The van der Waals surface area contributed by atoms with Crippen LogP contribution in [-0.2, 0) is 17.3 Å². The number of amides is 1. The minimum atomic E-state index is -0.0717. The summed E-state index contributed by atoms with van der Waals surface area (Å²) in [4.78, 5) is 26.3. The van der Waals surface area contributed by atoms with Crippen LogP contribution < -0.4 is 15.4 Å². The monoisotopic (exact) mass is 541 g/mol. The zero-order valence-electron chi connectivity index (χ0n) is 24.1. The average Bonchev–Trinajstić information content (AvgIpc) is 3.23. The Morgan fingerprint density at radius 2 is 1.73 bits per heavy atom. The first-order valence-corrected chi connectivity index (χ1v) is 13.9. The van der Waals surface area contributed by atoms with Crippen LogP contribution in [-0.4, -0.2) is 69.5 Å². The summed E-state index contributed by atoms with van der Waals surface area (Å²) in [5.74, 6) is 2.40. The number of piperazine rings is 1. The molecule has 40 heavy (non-hydrogen) atoms. The van der Waals surface area contributed by atoms with Crippen molar-refractivity contribution in [3.05, 3.63) is 66.4 Å². The van der Waals surface area contributed by atoms with E-state index in [0.29, 0.717) is 23.9 Å². The second-order valence-electron chi connectivity index (χ2n) is 11.3. The first-order chi connectivity index (χ1) is 19.2. The Morgan fingerprint density at radius 1 is 0.975 bits per heavy atom. The van der Waals surface area contributed by atoms with Gasteiger partial charge in [0.25, 0.3) is 0 Å². The lowest BCUT2D eigenvalue weighted by atomic mass is 9.87. The summed E-state index contributed by atoms with van der Waals surface area (Å²) in [6.45, 7) is 14.0. The third-order valence-electron chi connectivity index (χ3n) is 7.35. The van der Waals surface area contributed by atoms with Gasteiger partial charge in [0.1, 0.15) is 17.3 Å². The minimum Gasteiger partial charge on any atom is -0.457 e. The van der Waals surface area contributed by atoms with E-state index in [0.717, 1.165) is 55.4 Å². The SMILES string of the molecule is CCN1CCN(CC(=O)Nc2cc(Oc3ccc4c(c3)nc(Nc3cccc(C(C)(C)C)c3)n4C)ccn2)CC1. The van der Waals surface area contributed by atoms with E-state index in [2.05, 4.69) is 77.4 Å². The molecule has 0 spiro atoms. The number of hydrogen-bond acceptors (Lipinski definition) is 7. The second-order valence-corrected chi connectivity index (χ2v) is 11.3. The van der Waals surface area contributed by atoms with Gasteiger partial charge >= 0.3 is 0 Å². The molecule has 1 aliphatic rings. The fourth-order valence-electron chi connectivity index (χ4n) is 4.88. The lowest BCUT2D eigenvalue weighted by Crippen LogP contribution is -2.48. The predicted octanol–water partition coefficient (Wildman–Crippen LogP) is 5.38. The van der Waals surface area contributed by atoms with Crippen molar-refractivity contribution < 1.29 is 9.53 Å². The highest BCUT2D eigenvalue weighted by atomic mass is 16.5. The average molecular weight is 542 g/mol. The quantitative estimate of drug-likeness (QED) is 0.310. The summed E-state index contributed by atoms with van der Waals surface area (Å²) in [6.07, 6.45) is 1.64. The van der Waals surface area contributed by atoms with Crippen molar-refractivity contribution >= 4 is 34.4 Å². The molecule has 5 rings (SSSR count). The van der Waals surface area contributed by atoms with Crippen molar-refractivity contribution in [2.24, 2.45) is 7.05 Å². The van der Waals surface area contributed by atoms with Crippen LogP contribution in [0.2, 0.25) is 0 Å². The molecule has 0 unspecified atom stereocenters. The third kappa shape index (κ3) is 6.60. The molecule has 0 aliphatic carbocycles. The molecule has 3 heterocycles. The first-order valence-electron chi connectivity index (χ1n) is 13.9. The van der Waals surface area contributed by atoms with E-state index >= 15 is 0 Å². The number of hydrogen-bond donors (Lipinski definition) is 2. The number of fused-ring (bicyclic) bond motifs is 1. The number of aryl methyl sites for hydroxylation is 1. The normalized spacial score (nSPS) is 14.8. The van der Waals surface area contributed by atoms with Crippen molar-refractivity contribution in [1.29, 1.82) is 0 Å². The van der Waals surface area contributed by atoms with Crippen LogP contribution >= 0.6 is 0 Å². The molecule has 9 heteroatoms. The van der Waals surface area contributed by atoms with Gasteiger partial charge in [0.05, 0.1) is 17.6 Å². The number of carbonyl (C=O) groups excluding carboxylic acids is 1. The van der Waals surface area contributed by atoms with Crippen LogP contribution in [0.4, 0.5) is 17.5 Å². The Kier molecular flexibility index (Phi) is 8.04. The van der Waals surface area contributed by atoms with Gasteiger partial charge in [-0.2, -0.15) is 0 Å². The molecule has 0 bridgehead atoms. The highest BCUT2D eigenvalue weighted by Crippen LogP contribution is 2.30. The fraction of sp³-hybridized carbons (Fsp3) is 0.387. The number of aromatic nitrogens is 3. The van der Waals surface area contributed by atoms with E-state index < -0.39 is 0 Å². The smallest absolute Gasteiger partial charge is 0.239 e. The van der Waals surface area contributed by atoms with Gasteiger partial charge in [-0.15, -0.1) is 0 Å². The predicted molar refractivity (Wildman–Crippen MR) is 161 cm³/mol. The number of nitrogens with one attached hydrogen (secondary N) is 2. The molecule has 0 saturated carbocycles. The van der Waals surface area contributed by atoms with Crippen molar-refractivity contribution in [2.45, 2.75) is 33.1 Å². The van der Waals surface area contributed by atoms with Crippen molar-refractivity contribution in [3.8, 4) is 11.5 Å². The number of rotatable bonds is 8. The maximum Gasteiger partial charge on any atom is 0.239 e. The lowest BCUT2D eigenvalue weighted by Gasteiger charge is -2.33. The molecule has 1 fully saturated rings. The van der Waals surface area contributed by atoms with Gasteiger partial charge in [-0.3, -0.25) is 9.69 Å². The van der Waals surface area contributed by atoms with Crippen LogP contribution in [0, 0.1) is 0 Å². The molecule has 9 nitrogen and oxygen atoms in total. The van der Waals surface area contributed by atoms with Gasteiger partial charge in [0.15, 0.2) is 0 Å². The summed E-state index contributed by atoms with van der Waals surface area (Å²) < 4.78 is 8.16. The number of imidazole rings is 1. The van der Waals surface area contributed by atoms with E-state index in [9.17, 15) is 4.79 Å². The Balaban J connectivity index is 1.24. The number of nitrogens with zero attached hydrogens (tertiary/aromatic N) is 5. The van der Waals surface area contributed by atoms with Crippen LogP contribution in [0.1, 0.15) is 33.3 Å². The number of pyridine rings is 1. The van der Waals surface area contributed by atoms with Crippen LogP contribution in [0.5, 0.6) is 11.5 Å². The zero-order valence-corrected chi connectivity index (χ0v) is 24.1. The Hall–Kier alpha value is -3.95. The van der Waals surface area contributed by atoms with Crippen molar-refractivity contribution in [1.82, 2.24) is 24.3 Å². The Morgan fingerprint density at radius 3 is 2.48 bits per heavy atom. The van der Waals surface area contributed by atoms with E-state index in [1.807, 2.05) is 29.8 Å². The molecule has 4 aromatic rings. The molecule has 1 amide bonds. The van der Waals surface area contributed by atoms with Gasteiger partial charge in [-0.25, -0.2) is 9.97 Å². The van der Waals surface area contributed by atoms with E-state index in [4.69, 9.17) is 9.72 Å². The van der Waals surface area contributed by atoms with Crippen LogP contribution in [0.25, 0.3) is 11.0 Å². The number of carbonyl (C=O) groups is 1. The van der Waals surface area contributed by atoms with Gasteiger partial charge in [0, 0.05) is 57.2 Å². The Labute approximate surface area is 236 Å². The molecular weight excluding hydrogens is 502 g/mol. The highest BCUT2D eigenvalue weighted by molar-refractivity contribution is 5.91. The topological polar surface area (TPSA) is 87.5 Å². The molecule has 2 aromatic heterocycles. The number of benzene rings is 2. The molecule has 210 valence electrons. The summed E-state index contributed by atoms with van der Waals surface area (Å²) in [5.41, 5.74) is 4.13. The second kappa shape index (κ2) is 11.7. The maximum atomic E-state index is 12.6. The van der Waals surface area contributed by atoms with Gasteiger partial charge in [-0.1, -0.05) is 39.8 Å². The minimum absolute atomic E-state index is 0.0656. The molecule has 1 saturated heterocycles.